The molecule has 0 saturated heterocycles. The van der Waals surface area contributed by atoms with Gasteiger partial charge in [0.1, 0.15) is 11.5 Å². The van der Waals surface area contributed by atoms with Crippen molar-refractivity contribution in [3.8, 4) is 11.5 Å². The van der Waals surface area contributed by atoms with Crippen LogP contribution in [-0.2, 0) is 12.8 Å². The highest BCUT2D eigenvalue weighted by Gasteiger charge is 2.21. The van der Waals surface area contributed by atoms with Gasteiger partial charge >= 0.3 is 7.32 Å². The molecule has 4 heteroatoms. The summed E-state index contributed by atoms with van der Waals surface area (Å²) in [7, 11) is -1.32. The second-order valence-corrected chi connectivity index (χ2v) is 8.87. The van der Waals surface area contributed by atoms with Crippen molar-refractivity contribution in [3.63, 3.8) is 0 Å². The summed E-state index contributed by atoms with van der Waals surface area (Å²) >= 11 is 0. The van der Waals surface area contributed by atoms with Crippen molar-refractivity contribution in [2.24, 2.45) is 0 Å². The van der Waals surface area contributed by atoms with Gasteiger partial charge in [-0.3, -0.25) is 0 Å². The van der Waals surface area contributed by atoms with Gasteiger partial charge < -0.3 is 14.3 Å². The van der Waals surface area contributed by atoms with Gasteiger partial charge in [-0.25, -0.2) is 0 Å². The molecule has 1 N–H and O–H groups in total. The van der Waals surface area contributed by atoms with Gasteiger partial charge in [-0.2, -0.15) is 0 Å². The molecule has 2 aromatic carbocycles. The van der Waals surface area contributed by atoms with Crippen molar-refractivity contribution in [3.05, 3.63) is 59.7 Å². The molecule has 0 aliphatic heterocycles. The summed E-state index contributed by atoms with van der Waals surface area (Å²) in [6, 6.07) is 15.9. The van der Waals surface area contributed by atoms with Crippen LogP contribution in [0, 0.1) is 0 Å². The first-order valence-corrected chi connectivity index (χ1v) is 12.9. The van der Waals surface area contributed by atoms with E-state index in [0.29, 0.717) is 11.5 Å². The van der Waals surface area contributed by atoms with Gasteiger partial charge in [0, 0.05) is 0 Å². The largest absolute Gasteiger partial charge is 0.785 e. The first-order valence-electron chi connectivity index (χ1n) is 12.9. The van der Waals surface area contributed by atoms with E-state index in [4.69, 9.17) is 9.31 Å². The maximum absolute atomic E-state index is 10.1. The summed E-state index contributed by atoms with van der Waals surface area (Å²) in [5.41, 5.74) is 2.62. The zero-order chi connectivity index (χ0) is 22.9. The standard InChI is InChI=1S/C28H43BO3/c1-3-5-7-9-11-13-15-25-17-21-27(22-18-25)31-29(30)32-28-23-19-26(20-24-28)16-14-12-10-8-6-4-2/h17-24,30H,3-16H2,1-2H3. The van der Waals surface area contributed by atoms with Crippen LogP contribution in [0.1, 0.15) is 102 Å². The minimum Gasteiger partial charge on any atom is -0.501 e. The Morgan fingerprint density at radius 3 is 1.25 bits per heavy atom. The number of aryl methyl sites for hydroxylation is 2. The lowest BCUT2D eigenvalue weighted by Gasteiger charge is -2.12. The van der Waals surface area contributed by atoms with E-state index in [2.05, 4.69) is 38.1 Å². The van der Waals surface area contributed by atoms with Crippen molar-refractivity contribution in [1.29, 1.82) is 0 Å². The lowest BCUT2D eigenvalue weighted by molar-refractivity contribution is 0.298. The smallest absolute Gasteiger partial charge is 0.501 e. The molecule has 0 saturated carbocycles. The number of benzene rings is 2. The van der Waals surface area contributed by atoms with Gasteiger partial charge in [-0.15, -0.1) is 0 Å². The van der Waals surface area contributed by atoms with Crippen LogP contribution in [0.2, 0.25) is 0 Å². The van der Waals surface area contributed by atoms with Crippen LogP contribution in [0.15, 0.2) is 48.5 Å². The van der Waals surface area contributed by atoms with Crippen molar-refractivity contribution in [2.75, 3.05) is 0 Å². The fourth-order valence-corrected chi connectivity index (χ4v) is 3.95. The predicted octanol–water partition coefficient (Wildman–Crippen LogP) is 7.93. The molecule has 0 aliphatic carbocycles. The first-order chi connectivity index (χ1) is 15.7. The van der Waals surface area contributed by atoms with Crippen LogP contribution in [0.3, 0.4) is 0 Å². The van der Waals surface area contributed by atoms with Gasteiger partial charge in [0.15, 0.2) is 0 Å². The Bertz CT molecular complexity index is 638. The minimum atomic E-state index is -1.32. The van der Waals surface area contributed by atoms with E-state index in [1.165, 1.54) is 88.2 Å². The Balaban J connectivity index is 1.64. The number of unbranched alkanes of at least 4 members (excludes halogenated alkanes) is 10. The molecular formula is C28H43BO3. The molecule has 0 aliphatic rings. The zero-order valence-electron chi connectivity index (χ0n) is 20.4. The first kappa shape index (κ1) is 26.3. The Kier molecular flexibility index (Phi) is 13.7. The van der Waals surface area contributed by atoms with E-state index in [1.807, 2.05) is 24.3 Å². The van der Waals surface area contributed by atoms with E-state index < -0.39 is 7.32 Å². The van der Waals surface area contributed by atoms with Crippen LogP contribution in [0.5, 0.6) is 11.5 Å². The summed E-state index contributed by atoms with van der Waals surface area (Å²) in [6.07, 6.45) is 17.9. The van der Waals surface area contributed by atoms with E-state index in [1.54, 1.807) is 0 Å². The SMILES string of the molecule is CCCCCCCCc1ccc(OB(O)Oc2ccc(CCCCCCCC)cc2)cc1. The molecule has 0 aromatic heterocycles. The Labute approximate surface area is 196 Å². The molecule has 0 fully saturated rings. The highest BCUT2D eigenvalue weighted by Crippen LogP contribution is 2.18. The predicted molar refractivity (Wildman–Crippen MR) is 136 cm³/mol. The number of hydrogen-bond acceptors (Lipinski definition) is 3. The third kappa shape index (κ3) is 11.6. The monoisotopic (exact) mass is 438 g/mol. The van der Waals surface area contributed by atoms with Crippen LogP contribution < -0.4 is 9.31 Å². The molecule has 3 nitrogen and oxygen atoms in total. The summed E-state index contributed by atoms with van der Waals surface area (Å²) in [5, 5.41) is 10.1. The van der Waals surface area contributed by atoms with E-state index >= 15 is 0 Å². The average molecular weight is 438 g/mol. The lowest BCUT2D eigenvalue weighted by atomic mass is 10.0. The second-order valence-electron chi connectivity index (χ2n) is 8.87. The van der Waals surface area contributed by atoms with Gasteiger partial charge in [0.05, 0.1) is 0 Å². The van der Waals surface area contributed by atoms with Gasteiger partial charge in [0.2, 0.25) is 0 Å². The summed E-state index contributed by atoms with van der Waals surface area (Å²) in [5.74, 6) is 1.23. The third-order valence-corrected chi connectivity index (χ3v) is 5.96. The molecular weight excluding hydrogens is 395 g/mol. The molecule has 0 atom stereocenters. The van der Waals surface area contributed by atoms with Crippen molar-refractivity contribution in [2.45, 2.75) is 104 Å². The molecule has 2 rings (SSSR count). The van der Waals surface area contributed by atoms with Gasteiger partial charge in [0.25, 0.3) is 0 Å². The maximum atomic E-state index is 10.1. The Morgan fingerprint density at radius 2 is 0.875 bits per heavy atom. The quantitative estimate of drug-likeness (QED) is 0.190. The van der Waals surface area contributed by atoms with Crippen LogP contribution in [0.4, 0.5) is 0 Å². The van der Waals surface area contributed by atoms with Crippen LogP contribution >= 0.6 is 0 Å². The normalized spacial score (nSPS) is 10.8. The fourth-order valence-electron chi connectivity index (χ4n) is 3.95. The summed E-state index contributed by atoms with van der Waals surface area (Å²) in [4.78, 5) is 0. The molecule has 0 radical (unpaired) electrons. The molecule has 0 heterocycles. The van der Waals surface area contributed by atoms with Crippen molar-refractivity contribution in [1.82, 2.24) is 0 Å². The molecule has 0 amide bonds. The van der Waals surface area contributed by atoms with Crippen molar-refractivity contribution >= 4 is 7.32 Å². The zero-order valence-corrected chi connectivity index (χ0v) is 20.4. The summed E-state index contributed by atoms with van der Waals surface area (Å²) < 4.78 is 11.0. The third-order valence-electron chi connectivity index (χ3n) is 5.96. The Hall–Kier alpha value is -1.94. The number of hydrogen-bond donors (Lipinski definition) is 1. The van der Waals surface area contributed by atoms with Gasteiger partial charge in [-0.1, -0.05) is 102 Å². The van der Waals surface area contributed by atoms with E-state index in [9.17, 15) is 5.02 Å². The topological polar surface area (TPSA) is 38.7 Å². The molecule has 32 heavy (non-hydrogen) atoms. The highest BCUT2D eigenvalue weighted by molar-refractivity contribution is 6.36. The minimum absolute atomic E-state index is 0.615. The molecule has 0 bridgehead atoms. The number of rotatable bonds is 18. The van der Waals surface area contributed by atoms with E-state index in [-0.39, 0.29) is 0 Å². The van der Waals surface area contributed by atoms with Crippen LogP contribution in [-0.4, -0.2) is 12.3 Å². The highest BCUT2D eigenvalue weighted by atomic mass is 16.7. The van der Waals surface area contributed by atoms with Crippen molar-refractivity contribution < 1.29 is 14.3 Å². The molecule has 0 unspecified atom stereocenters. The second kappa shape index (κ2) is 16.7. The molecule has 176 valence electrons. The average Bonchev–Trinajstić information content (AvgIpc) is 2.80. The summed E-state index contributed by atoms with van der Waals surface area (Å²) in [6.45, 7) is 4.50. The van der Waals surface area contributed by atoms with Gasteiger partial charge in [-0.05, 0) is 61.1 Å². The van der Waals surface area contributed by atoms with E-state index in [0.717, 1.165) is 12.8 Å². The molecule has 2 aromatic rings. The maximum Gasteiger partial charge on any atom is 0.785 e. The lowest BCUT2D eigenvalue weighted by Crippen LogP contribution is -2.29. The fraction of sp³-hybridized carbons (Fsp3) is 0.571. The van der Waals surface area contributed by atoms with Crippen LogP contribution in [0.25, 0.3) is 0 Å². The molecule has 0 spiro atoms. The Morgan fingerprint density at radius 1 is 0.531 bits per heavy atom.